The van der Waals surface area contributed by atoms with Gasteiger partial charge < -0.3 is 4.57 Å². The first kappa shape index (κ1) is 15.8. The standard InChI is InChI=1S/C16H20N2OSSi/c1-18(21(2,3)4)13-10-14(12-8-6-5-7-9-12)15(16(19)20)17-11-13/h5-11H,1-4H3,(H,19,20). The number of pyridine rings is 1. The molecule has 1 aromatic heterocycles. The van der Waals surface area contributed by atoms with Crippen LogP contribution in [0.3, 0.4) is 0 Å². The Labute approximate surface area is 132 Å². The molecule has 0 aliphatic heterocycles. The van der Waals surface area contributed by atoms with Gasteiger partial charge in [-0.1, -0.05) is 62.6 Å². The molecule has 1 heterocycles. The van der Waals surface area contributed by atoms with E-state index in [0.717, 1.165) is 16.8 Å². The molecule has 0 aliphatic rings. The van der Waals surface area contributed by atoms with Crippen molar-refractivity contribution in [2.75, 3.05) is 11.6 Å². The van der Waals surface area contributed by atoms with Crippen LogP contribution in [0.1, 0.15) is 10.5 Å². The summed E-state index contributed by atoms with van der Waals surface area (Å²) in [6.07, 6.45) is 1.76. The largest absolute Gasteiger partial charge is 0.399 e. The maximum atomic E-state index is 11.7. The number of carbonyl (C=O) groups excluding carboxylic acids is 1. The number of thiol groups is 1. The van der Waals surface area contributed by atoms with E-state index in [0.29, 0.717) is 5.69 Å². The molecule has 0 bridgehead atoms. The molecule has 0 atom stereocenters. The van der Waals surface area contributed by atoms with Crippen LogP contribution < -0.4 is 4.57 Å². The Morgan fingerprint density at radius 3 is 2.33 bits per heavy atom. The zero-order valence-corrected chi connectivity index (χ0v) is 14.7. The molecule has 110 valence electrons. The highest BCUT2D eigenvalue weighted by atomic mass is 32.1. The van der Waals surface area contributed by atoms with Crippen molar-refractivity contribution < 1.29 is 4.79 Å². The third-order valence-electron chi connectivity index (χ3n) is 3.55. The number of carbonyl (C=O) groups is 1. The molecule has 0 fully saturated rings. The lowest BCUT2D eigenvalue weighted by Crippen LogP contribution is -2.43. The minimum absolute atomic E-state index is 0.309. The summed E-state index contributed by atoms with van der Waals surface area (Å²) in [5, 5.41) is -0.309. The highest BCUT2D eigenvalue weighted by Crippen LogP contribution is 2.29. The van der Waals surface area contributed by atoms with E-state index in [1.165, 1.54) is 0 Å². The molecule has 0 radical (unpaired) electrons. The number of aromatic nitrogens is 1. The predicted molar refractivity (Wildman–Crippen MR) is 94.7 cm³/mol. The van der Waals surface area contributed by atoms with Gasteiger partial charge in [-0.25, -0.2) is 4.98 Å². The Morgan fingerprint density at radius 1 is 1.19 bits per heavy atom. The van der Waals surface area contributed by atoms with Crippen LogP contribution in [0.25, 0.3) is 11.1 Å². The normalized spacial score (nSPS) is 11.3. The maximum absolute atomic E-state index is 11.7. The van der Waals surface area contributed by atoms with Crippen LogP contribution in [-0.2, 0) is 0 Å². The fourth-order valence-electron chi connectivity index (χ4n) is 2.03. The average Bonchev–Trinajstić information content (AvgIpc) is 2.45. The lowest BCUT2D eigenvalue weighted by Gasteiger charge is -2.32. The van der Waals surface area contributed by atoms with Crippen LogP contribution in [0.2, 0.25) is 19.6 Å². The first-order valence-corrected chi connectivity index (χ1v) is 10.7. The average molecular weight is 317 g/mol. The fraction of sp³-hybridized carbons (Fsp3) is 0.250. The molecule has 0 spiro atoms. The molecule has 21 heavy (non-hydrogen) atoms. The van der Waals surface area contributed by atoms with Gasteiger partial charge in [0.25, 0.3) is 0 Å². The number of benzene rings is 1. The Bertz CT molecular complexity index is 653. The summed E-state index contributed by atoms with van der Waals surface area (Å²) >= 11 is 3.94. The molecule has 0 N–H and O–H groups in total. The summed E-state index contributed by atoms with van der Waals surface area (Å²) < 4.78 is 2.28. The van der Waals surface area contributed by atoms with Crippen molar-refractivity contribution >= 4 is 31.7 Å². The molecule has 0 aliphatic carbocycles. The lowest BCUT2D eigenvalue weighted by molar-refractivity contribution is 0.108. The van der Waals surface area contributed by atoms with Gasteiger partial charge in [-0.2, -0.15) is 0 Å². The van der Waals surface area contributed by atoms with Gasteiger partial charge in [-0.15, -0.1) is 0 Å². The van der Waals surface area contributed by atoms with Gasteiger partial charge in [0.05, 0.1) is 6.20 Å². The highest BCUT2D eigenvalue weighted by molar-refractivity contribution is 7.97. The van der Waals surface area contributed by atoms with Crippen LogP contribution in [0.15, 0.2) is 42.6 Å². The fourth-order valence-corrected chi connectivity index (χ4v) is 3.11. The molecule has 0 amide bonds. The van der Waals surface area contributed by atoms with E-state index in [1.807, 2.05) is 36.4 Å². The second-order valence-electron chi connectivity index (χ2n) is 5.99. The third-order valence-corrected chi connectivity index (χ3v) is 6.04. The second kappa shape index (κ2) is 6.03. The number of anilines is 1. The Kier molecular flexibility index (Phi) is 4.54. The van der Waals surface area contributed by atoms with Crippen LogP contribution >= 0.6 is 12.6 Å². The zero-order chi connectivity index (χ0) is 15.6. The van der Waals surface area contributed by atoms with E-state index in [9.17, 15) is 4.79 Å². The lowest BCUT2D eigenvalue weighted by atomic mass is 10.0. The van der Waals surface area contributed by atoms with E-state index in [2.05, 4.69) is 48.9 Å². The van der Waals surface area contributed by atoms with E-state index in [4.69, 9.17) is 0 Å². The number of hydrogen-bond donors (Lipinski definition) is 1. The number of rotatable bonds is 4. The van der Waals surface area contributed by atoms with Gasteiger partial charge in [0.15, 0.2) is 0 Å². The molecule has 0 saturated carbocycles. The summed E-state index contributed by atoms with van der Waals surface area (Å²) in [5.74, 6) is 0. The van der Waals surface area contributed by atoms with Crippen molar-refractivity contribution in [2.24, 2.45) is 0 Å². The smallest absolute Gasteiger partial charge is 0.235 e. The molecule has 0 unspecified atom stereocenters. The first-order chi connectivity index (χ1) is 9.80. The topological polar surface area (TPSA) is 33.2 Å². The molecule has 1 aromatic carbocycles. The molecule has 5 heteroatoms. The maximum Gasteiger partial charge on any atom is 0.235 e. The number of nitrogens with zero attached hydrogens (tertiary/aromatic N) is 2. The van der Waals surface area contributed by atoms with Gasteiger partial charge in [0, 0.05) is 11.3 Å². The number of hydrogen-bond acceptors (Lipinski definition) is 3. The molecule has 0 saturated heterocycles. The second-order valence-corrected chi connectivity index (χ2v) is 11.4. The van der Waals surface area contributed by atoms with Crippen LogP contribution in [0.5, 0.6) is 0 Å². The van der Waals surface area contributed by atoms with E-state index >= 15 is 0 Å². The van der Waals surface area contributed by atoms with Crippen LogP contribution in [0, 0.1) is 0 Å². The quantitative estimate of drug-likeness (QED) is 0.681. The van der Waals surface area contributed by atoms with Crippen molar-refractivity contribution in [1.82, 2.24) is 4.98 Å². The Morgan fingerprint density at radius 2 is 1.81 bits per heavy atom. The van der Waals surface area contributed by atoms with Gasteiger partial charge in [0.2, 0.25) is 5.12 Å². The van der Waals surface area contributed by atoms with Gasteiger partial charge in [-0.05, 0) is 18.7 Å². The van der Waals surface area contributed by atoms with Crippen molar-refractivity contribution in [2.45, 2.75) is 19.6 Å². The zero-order valence-electron chi connectivity index (χ0n) is 12.8. The summed E-state index contributed by atoms with van der Waals surface area (Å²) in [4.78, 5) is 16.1. The predicted octanol–water partition coefficient (Wildman–Crippen LogP) is 4.09. The summed E-state index contributed by atoms with van der Waals surface area (Å²) in [5.41, 5.74) is 3.25. The third kappa shape index (κ3) is 3.54. The summed E-state index contributed by atoms with van der Waals surface area (Å²) in [6, 6.07) is 11.9. The van der Waals surface area contributed by atoms with Crippen molar-refractivity contribution in [3.63, 3.8) is 0 Å². The monoisotopic (exact) mass is 316 g/mol. The summed E-state index contributed by atoms with van der Waals surface area (Å²) in [7, 11) is 0.603. The molecular formula is C16H20N2OSSi. The Hall–Kier alpha value is -1.59. The molecule has 2 rings (SSSR count). The van der Waals surface area contributed by atoms with Crippen molar-refractivity contribution in [3.8, 4) is 11.1 Å². The van der Waals surface area contributed by atoms with Gasteiger partial charge >= 0.3 is 0 Å². The van der Waals surface area contributed by atoms with Gasteiger partial charge in [0.1, 0.15) is 13.9 Å². The van der Waals surface area contributed by atoms with E-state index < -0.39 is 8.24 Å². The summed E-state index contributed by atoms with van der Waals surface area (Å²) in [6.45, 7) is 6.81. The van der Waals surface area contributed by atoms with E-state index in [1.54, 1.807) is 6.20 Å². The van der Waals surface area contributed by atoms with Crippen LogP contribution in [-0.4, -0.2) is 25.4 Å². The van der Waals surface area contributed by atoms with Crippen molar-refractivity contribution in [3.05, 3.63) is 48.3 Å². The molecule has 3 nitrogen and oxygen atoms in total. The highest BCUT2D eigenvalue weighted by Gasteiger charge is 2.22. The van der Waals surface area contributed by atoms with Crippen molar-refractivity contribution in [1.29, 1.82) is 0 Å². The molecular weight excluding hydrogens is 296 g/mol. The first-order valence-electron chi connectivity index (χ1n) is 6.83. The Balaban J connectivity index is 2.58. The SMILES string of the molecule is CN(c1cnc(C(=O)S)c(-c2ccccc2)c1)[Si](C)(C)C. The van der Waals surface area contributed by atoms with Crippen LogP contribution in [0.4, 0.5) is 5.69 Å². The van der Waals surface area contributed by atoms with E-state index in [-0.39, 0.29) is 5.12 Å². The van der Waals surface area contributed by atoms with Gasteiger partial charge in [-0.3, -0.25) is 4.79 Å². The minimum Gasteiger partial charge on any atom is -0.399 e. The minimum atomic E-state index is -1.48. The molecule has 2 aromatic rings.